The van der Waals surface area contributed by atoms with Crippen LogP contribution in [0.25, 0.3) is 10.2 Å². The van der Waals surface area contributed by atoms with Crippen LogP contribution >= 0.6 is 11.3 Å². The maximum absolute atomic E-state index is 12.6. The van der Waals surface area contributed by atoms with Gasteiger partial charge >= 0.3 is 6.09 Å². The Morgan fingerprint density at radius 3 is 2.40 bits per heavy atom. The van der Waals surface area contributed by atoms with Crippen LogP contribution in [0.2, 0.25) is 0 Å². The van der Waals surface area contributed by atoms with E-state index < -0.39 is 11.7 Å². The molecule has 2 aromatic carbocycles. The monoisotopic (exact) mass is 426 g/mol. The van der Waals surface area contributed by atoms with Crippen molar-refractivity contribution < 1.29 is 19.1 Å². The number of anilines is 3. The number of benzene rings is 2. The minimum absolute atomic E-state index is 0.160. The lowest BCUT2D eigenvalue weighted by Gasteiger charge is -2.19. The fourth-order valence-electron chi connectivity index (χ4n) is 2.59. The first kappa shape index (κ1) is 21.3. The van der Waals surface area contributed by atoms with E-state index in [4.69, 9.17) is 4.74 Å². The van der Waals surface area contributed by atoms with Crippen LogP contribution in [0.1, 0.15) is 38.1 Å². The summed E-state index contributed by atoms with van der Waals surface area (Å²) in [6, 6.07) is 11.9. The van der Waals surface area contributed by atoms with E-state index in [-0.39, 0.29) is 11.8 Å². The van der Waals surface area contributed by atoms with Crippen molar-refractivity contribution in [2.45, 2.75) is 33.3 Å². The van der Waals surface area contributed by atoms with Crippen molar-refractivity contribution in [2.75, 3.05) is 16.0 Å². The summed E-state index contributed by atoms with van der Waals surface area (Å²) in [5.41, 5.74) is 1.57. The molecule has 3 amide bonds. The van der Waals surface area contributed by atoms with E-state index >= 15 is 0 Å². The fraction of sp³-hybridized carbons (Fsp3) is 0.238. The summed E-state index contributed by atoms with van der Waals surface area (Å²) in [5, 5.41) is 8.52. The Morgan fingerprint density at radius 2 is 1.70 bits per heavy atom. The number of carbonyl (C=O) groups is 3. The van der Waals surface area contributed by atoms with Gasteiger partial charge in [-0.15, -0.1) is 0 Å². The predicted molar refractivity (Wildman–Crippen MR) is 118 cm³/mol. The molecule has 0 fully saturated rings. The summed E-state index contributed by atoms with van der Waals surface area (Å²) in [4.78, 5) is 40.1. The van der Waals surface area contributed by atoms with E-state index in [1.165, 1.54) is 18.3 Å². The van der Waals surface area contributed by atoms with Gasteiger partial charge in [-0.05, 0) is 57.2 Å². The van der Waals surface area contributed by atoms with Crippen LogP contribution in [0.3, 0.4) is 0 Å². The van der Waals surface area contributed by atoms with Crippen LogP contribution in [0, 0.1) is 0 Å². The lowest BCUT2D eigenvalue weighted by atomic mass is 10.2. The fourth-order valence-corrected chi connectivity index (χ4v) is 3.49. The van der Waals surface area contributed by atoms with Crippen LogP contribution < -0.4 is 16.0 Å². The number of carbonyl (C=O) groups excluding carboxylic acids is 3. The largest absolute Gasteiger partial charge is 0.444 e. The van der Waals surface area contributed by atoms with Gasteiger partial charge in [0.1, 0.15) is 5.60 Å². The molecule has 0 aliphatic rings. The van der Waals surface area contributed by atoms with E-state index in [9.17, 15) is 14.4 Å². The standard InChI is InChI=1S/C21H22N4O4S/c1-12(26)22-15-8-9-16-17(11-15)30-19(24-16)25-18(27)13-6-5-7-14(10-13)23-20(28)29-21(2,3)4/h5-11H,1-4H3,(H,22,26)(H,23,28)(H,24,25,27). The van der Waals surface area contributed by atoms with Gasteiger partial charge in [0, 0.05) is 23.9 Å². The molecule has 0 radical (unpaired) electrons. The Hall–Kier alpha value is -3.46. The molecule has 3 N–H and O–H groups in total. The molecule has 3 aromatic rings. The number of fused-ring (bicyclic) bond motifs is 1. The second-order valence-corrected chi connectivity index (χ2v) is 8.58. The summed E-state index contributed by atoms with van der Waals surface area (Å²) in [6.45, 7) is 6.75. The highest BCUT2D eigenvalue weighted by Gasteiger charge is 2.17. The SMILES string of the molecule is CC(=O)Nc1ccc2nc(NC(=O)c3cccc(NC(=O)OC(C)(C)C)c3)sc2c1. The number of thiazole rings is 1. The van der Waals surface area contributed by atoms with Crippen molar-refractivity contribution in [3.8, 4) is 0 Å². The van der Waals surface area contributed by atoms with Crippen LogP contribution in [0.15, 0.2) is 42.5 Å². The third-order valence-corrected chi connectivity index (χ3v) is 4.63. The molecule has 0 atom stereocenters. The first-order chi connectivity index (χ1) is 14.1. The third kappa shape index (κ3) is 5.77. The molecular formula is C21H22N4O4S. The average molecular weight is 426 g/mol. The Balaban J connectivity index is 1.71. The quantitative estimate of drug-likeness (QED) is 0.552. The molecule has 0 saturated heterocycles. The zero-order valence-electron chi connectivity index (χ0n) is 17.0. The number of hydrogen-bond donors (Lipinski definition) is 3. The molecular weight excluding hydrogens is 404 g/mol. The highest BCUT2D eigenvalue weighted by atomic mass is 32.1. The number of hydrogen-bond acceptors (Lipinski definition) is 6. The zero-order chi connectivity index (χ0) is 21.9. The number of aromatic nitrogens is 1. The van der Waals surface area contributed by atoms with Gasteiger partial charge in [0.05, 0.1) is 10.2 Å². The van der Waals surface area contributed by atoms with Crippen molar-refractivity contribution in [2.24, 2.45) is 0 Å². The molecule has 0 aliphatic heterocycles. The van der Waals surface area contributed by atoms with Crippen molar-refractivity contribution in [3.63, 3.8) is 0 Å². The van der Waals surface area contributed by atoms with Gasteiger partial charge in [0.15, 0.2) is 5.13 Å². The number of ether oxygens (including phenoxy) is 1. The normalized spacial score (nSPS) is 11.1. The number of rotatable bonds is 4. The number of nitrogens with one attached hydrogen (secondary N) is 3. The Morgan fingerprint density at radius 1 is 0.967 bits per heavy atom. The van der Waals surface area contributed by atoms with E-state index in [0.717, 1.165) is 4.70 Å². The molecule has 1 aromatic heterocycles. The number of nitrogens with zero attached hydrogens (tertiary/aromatic N) is 1. The lowest BCUT2D eigenvalue weighted by Crippen LogP contribution is -2.27. The molecule has 0 aliphatic carbocycles. The highest BCUT2D eigenvalue weighted by molar-refractivity contribution is 7.22. The van der Waals surface area contributed by atoms with Crippen LogP contribution in [0.5, 0.6) is 0 Å². The first-order valence-electron chi connectivity index (χ1n) is 9.19. The highest BCUT2D eigenvalue weighted by Crippen LogP contribution is 2.29. The van der Waals surface area contributed by atoms with Gasteiger partial charge in [0.2, 0.25) is 5.91 Å². The molecule has 9 heteroatoms. The minimum Gasteiger partial charge on any atom is -0.444 e. The summed E-state index contributed by atoms with van der Waals surface area (Å²) in [5.74, 6) is -0.517. The maximum Gasteiger partial charge on any atom is 0.412 e. The van der Waals surface area contributed by atoms with Gasteiger partial charge in [-0.1, -0.05) is 17.4 Å². The topological polar surface area (TPSA) is 109 Å². The Kier molecular flexibility index (Phi) is 6.02. The second kappa shape index (κ2) is 8.50. The van der Waals surface area contributed by atoms with Crippen molar-refractivity contribution in [3.05, 3.63) is 48.0 Å². The third-order valence-electron chi connectivity index (χ3n) is 3.70. The summed E-state index contributed by atoms with van der Waals surface area (Å²) in [7, 11) is 0. The second-order valence-electron chi connectivity index (χ2n) is 7.54. The lowest BCUT2D eigenvalue weighted by molar-refractivity contribution is -0.114. The van der Waals surface area contributed by atoms with Crippen molar-refractivity contribution >= 4 is 56.0 Å². The first-order valence-corrected chi connectivity index (χ1v) is 10.0. The molecule has 156 valence electrons. The smallest absolute Gasteiger partial charge is 0.412 e. The van der Waals surface area contributed by atoms with Crippen LogP contribution in [-0.2, 0) is 9.53 Å². The van der Waals surface area contributed by atoms with Gasteiger partial charge < -0.3 is 10.1 Å². The van der Waals surface area contributed by atoms with Gasteiger partial charge in [-0.3, -0.25) is 20.2 Å². The van der Waals surface area contributed by atoms with Crippen LogP contribution in [0.4, 0.5) is 21.3 Å². The van der Waals surface area contributed by atoms with Crippen molar-refractivity contribution in [1.29, 1.82) is 0 Å². The Bertz CT molecular complexity index is 1120. The van der Waals surface area contributed by atoms with E-state index in [1.54, 1.807) is 63.2 Å². The van der Waals surface area contributed by atoms with E-state index in [2.05, 4.69) is 20.9 Å². The van der Waals surface area contributed by atoms with Gasteiger partial charge in [-0.25, -0.2) is 9.78 Å². The summed E-state index contributed by atoms with van der Waals surface area (Å²) < 4.78 is 6.05. The maximum atomic E-state index is 12.6. The average Bonchev–Trinajstić information content (AvgIpc) is 3.01. The molecule has 0 unspecified atom stereocenters. The summed E-state index contributed by atoms with van der Waals surface area (Å²) in [6.07, 6.45) is -0.596. The summed E-state index contributed by atoms with van der Waals surface area (Å²) >= 11 is 1.30. The predicted octanol–water partition coefficient (Wildman–Crippen LogP) is 4.85. The minimum atomic E-state index is -0.619. The molecule has 0 spiro atoms. The van der Waals surface area contributed by atoms with E-state index in [0.29, 0.717) is 27.6 Å². The zero-order valence-corrected chi connectivity index (χ0v) is 17.8. The number of amides is 3. The van der Waals surface area contributed by atoms with Crippen molar-refractivity contribution in [1.82, 2.24) is 4.98 Å². The molecule has 30 heavy (non-hydrogen) atoms. The molecule has 1 heterocycles. The van der Waals surface area contributed by atoms with Gasteiger partial charge in [0.25, 0.3) is 5.91 Å². The van der Waals surface area contributed by atoms with Gasteiger partial charge in [-0.2, -0.15) is 0 Å². The molecule has 0 bridgehead atoms. The van der Waals surface area contributed by atoms with E-state index in [1.807, 2.05) is 0 Å². The molecule has 3 rings (SSSR count). The molecule has 8 nitrogen and oxygen atoms in total. The Labute approximate surface area is 177 Å². The van der Waals surface area contributed by atoms with Crippen LogP contribution in [-0.4, -0.2) is 28.5 Å². The molecule has 0 saturated carbocycles.